The third kappa shape index (κ3) is 3.66. The number of sulfone groups is 2. The lowest BCUT2D eigenvalue weighted by molar-refractivity contribution is 0.544. The Morgan fingerprint density at radius 2 is 1.90 bits per heavy atom. The molecular formula is C13H16ClNO4S2. The maximum absolute atomic E-state index is 12.6. The van der Waals surface area contributed by atoms with Gasteiger partial charge in [0.2, 0.25) is 0 Å². The zero-order chi connectivity index (χ0) is 15.7. The molecule has 8 heteroatoms. The van der Waals surface area contributed by atoms with E-state index in [-0.39, 0.29) is 16.4 Å². The summed E-state index contributed by atoms with van der Waals surface area (Å²) in [5.74, 6) is -0.551. The zero-order valence-corrected chi connectivity index (χ0v) is 13.6. The Labute approximate surface area is 129 Å². The summed E-state index contributed by atoms with van der Waals surface area (Å²) in [5, 5.41) is 2.35. The molecule has 0 aromatic heterocycles. The van der Waals surface area contributed by atoms with Crippen LogP contribution in [0.4, 0.5) is 0 Å². The number of benzene rings is 1. The van der Waals surface area contributed by atoms with Crippen molar-refractivity contribution in [1.82, 2.24) is 5.32 Å². The molecule has 116 valence electrons. The minimum Gasteiger partial charge on any atom is -0.308 e. The topological polar surface area (TPSA) is 80.3 Å². The number of hydrogen-bond donors (Lipinski definition) is 1. The predicted molar refractivity (Wildman–Crippen MR) is 83.1 cm³/mol. The third-order valence-electron chi connectivity index (χ3n) is 3.37. The first-order chi connectivity index (χ1) is 9.76. The molecule has 2 unspecified atom stereocenters. The van der Waals surface area contributed by atoms with Gasteiger partial charge >= 0.3 is 0 Å². The van der Waals surface area contributed by atoms with Gasteiger partial charge in [0.05, 0.1) is 21.7 Å². The van der Waals surface area contributed by atoms with Crippen molar-refractivity contribution in [1.29, 1.82) is 0 Å². The van der Waals surface area contributed by atoms with E-state index in [9.17, 15) is 16.8 Å². The molecular weight excluding hydrogens is 334 g/mol. The van der Waals surface area contributed by atoms with Gasteiger partial charge in [-0.3, -0.25) is 0 Å². The maximum atomic E-state index is 12.6. The van der Waals surface area contributed by atoms with Crippen molar-refractivity contribution < 1.29 is 16.8 Å². The average Bonchev–Trinajstić information content (AvgIpc) is 2.73. The van der Waals surface area contributed by atoms with Gasteiger partial charge in [0, 0.05) is 17.6 Å². The summed E-state index contributed by atoms with van der Waals surface area (Å²) < 4.78 is 48.9. The van der Waals surface area contributed by atoms with Crippen molar-refractivity contribution in [2.75, 3.05) is 18.1 Å². The van der Waals surface area contributed by atoms with Crippen LogP contribution >= 0.6 is 11.6 Å². The molecule has 0 saturated carbocycles. The van der Waals surface area contributed by atoms with Crippen LogP contribution in [-0.4, -0.2) is 46.2 Å². The van der Waals surface area contributed by atoms with Gasteiger partial charge in [-0.25, -0.2) is 16.8 Å². The van der Waals surface area contributed by atoms with Crippen molar-refractivity contribution >= 4 is 31.3 Å². The van der Waals surface area contributed by atoms with Gasteiger partial charge in [0.1, 0.15) is 0 Å². The number of nitrogens with one attached hydrogen (secondary N) is 1. The Morgan fingerprint density at radius 3 is 2.48 bits per heavy atom. The predicted octanol–water partition coefficient (Wildman–Crippen LogP) is 1.05. The molecule has 0 radical (unpaired) electrons. The molecule has 1 saturated heterocycles. The molecule has 5 nitrogen and oxygen atoms in total. The van der Waals surface area contributed by atoms with Crippen molar-refractivity contribution in [2.45, 2.75) is 16.2 Å². The smallest absolute Gasteiger partial charge is 0.183 e. The van der Waals surface area contributed by atoms with Gasteiger partial charge in [0.15, 0.2) is 19.7 Å². The highest BCUT2D eigenvalue weighted by molar-refractivity contribution is 7.96. The molecule has 1 aliphatic rings. The molecule has 2 atom stereocenters. The largest absolute Gasteiger partial charge is 0.308 e. The van der Waals surface area contributed by atoms with Gasteiger partial charge in [-0.15, -0.1) is 6.58 Å². The average molecular weight is 350 g/mol. The normalized spacial score (nSPS) is 24.8. The first kappa shape index (κ1) is 16.5. The molecule has 2 rings (SSSR count). The zero-order valence-electron chi connectivity index (χ0n) is 11.2. The van der Waals surface area contributed by atoms with Crippen molar-refractivity contribution in [2.24, 2.45) is 0 Å². The molecule has 0 amide bonds. The second-order valence-corrected chi connectivity index (χ2v) is 9.67. The summed E-state index contributed by atoms with van der Waals surface area (Å²) in [6.07, 6.45) is 1.57. The van der Waals surface area contributed by atoms with E-state index >= 15 is 0 Å². The van der Waals surface area contributed by atoms with E-state index in [2.05, 4.69) is 11.9 Å². The standard InChI is InChI=1S/C13H16ClNO4S2/c1-2-7-15-12-8-20(16,17)9-13(12)21(18,19)11-5-3-10(14)4-6-11/h2-6,12-13,15H,1,7-9H2. The molecule has 1 aromatic rings. The summed E-state index contributed by atoms with van der Waals surface area (Å²) in [4.78, 5) is 0.0828. The number of rotatable bonds is 5. The Balaban J connectivity index is 2.36. The van der Waals surface area contributed by atoms with Crippen LogP contribution in [0.5, 0.6) is 0 Å². The van der Waals surface area contributed by atoms with E-state index in [4.69, 9.17) is 11.6 Å². The summed E-state index contributed by atoms with van der Waals surface area (Å²) in [6.45, 7) is 3.89. The fraction of sp³-hybridized carbons (Fsp3) is 0.385. The monoisotopic (exact) mass is 349 g/mol. The van der Waals surface area contributed by atoms with Gasteiger partial charge in [-0.2, -0.15) is 0 Å². The van der Waals surface area contributed by atoms with Crippen LogP contribution in [0.3, 0.4) is 0 Å². The van der Waals surface area contributed by atoms with Crippen LogP contribution in [0.25, 0.3) is 0 Å². The van der Waals surface area contributed by atoms with Crippen LogP contribution in [-0.2, 0) is 19.7 Å². The molecule has 1 N–H and O–H groups in total. The Hall–Kier alpha value is -0.890. The molecule has 1 aliphatic heterocycles. The summed E-state index contributed by atoms with van der Waals surface area (Å²) in [6, 6.07) is 5.11. The summed E-state index contributed by atoms with van der Waals surface area (Å²) in [7, 11) is -7.12. The second kappa shape index (κ2) is 6.08. The van der Waals surface area contributed by atoms with Crippen molar-refractivity contribution in [3.63, 3.8) is 0 Å². The molecule has 1 aromatic carbocycles. The first-order valence-electron chi connectivity index (χ1n) is 6.30. The molecule has 0 aliphatic carbocycles. The lowest BCUT2D eigenvalue weighted by atomic mass is 10.2. The molecule has 1 fully saturated rings. The van der Waals surface area contributed by atoms with Crippen LogP contribution in [0, 0.1) is 0 Å². The fourth-order valence-electron chi connectivity index (χ4n) is 2.35. The van der Waals surface area contributed by atoms with Crippen LogP contribution in [0.15, 0.2) is 41.8 Å². The summed E-state index contributed by atoms with van der Waals surface area (Å²) >= 11 is 5.75. The van der Waals surface area contributed by atoms with Crippen LogP contribution in [0.1, 0.15) is 0 Å². The van der Waals surface area contributed by atoms with Gasteiger partial charge in [-0.05, 0) is 24.3 Å². The van der Waals surface area contributed by atoms with E-state index in [1.807, 2.05) is 0 Å². The maximum Gasteiger partial charge on any atom is 0.183 e. The van der Waals surface area contributed by atoms with Gasteiger partial charge in [0.25, 0.3) is 0 Å². The second-order valence-electron chi connectivity index (χ2n) is 4.92. The Kier molecular flexibility index (Phi) is 4.77. The van der Waals surface area contributed by atoms with E-state index in [1.54, 1.807) is 6.08 Å². The number of hydrogen-bond acceptors (Lipinski definition) is 5. The lowest BCUT2D eigenvalue weighted by Gasteiger charge is -2.19. The minimum atomic E-state index is -3.74. The minimum absolute atomic E-state index is 0.0828. The van der Waals surface area contributed by atoms with E-state index in [1.165, 1.54) is 24.3 Å². The highest BCUT2D eigenvalue weighted by atomic mass is 35.5. The van der Waals surface area contributed by atoms with Crippen LogP contribution in [0.2, 0.25) is 5.02 Å². The molecule has 0 bridgehead atoms. The van der Waals surface area contributed by atoms with Gasteiger partial charge < -0.3 is 5.32 Å². The molecule has 21 heavy (non-hydrogen) atoms. The highest BCUT2D eigenvalue weighted by Gasteiger charge is 2.45. The quantitative estimate of drug-likeness (QED) is 0.804. The first-order valence-corrected chi connectivity index (χ1v) is 10.0. The third-order valence-corrected chi connectivity index (χ3v) is 7.78. The van der Waals surface area contributed by atoms with Crippen molar-refractivity contribution in [3.05, 3.63) is 41.9 Å². The summed E-state index contributed by atoms with van der Waals surface area (Å²) in [5.41, 5.74) is 0. The molecule has 0 spiro atoms. The van der Waals surface area contributed by atoms with Crippen molar-refractivity contribution in [3.8, 4) is 0 Å². The van der Waals surface area contributed by atoms with E-state index in [0.717, 1.165) is 0 Å². The van der Waals surface area contributed by atoms with Crippen LogP contribution < -0.4 is 5.32 Å². The van der Waals surface area contributed by atoms with E-state index in [0.29, 0.717) is 11.6 Å². The lowest BCUT2D eigenvalue weighted by Crippen LogP contribution is -2.43. The highest BCUT2D eigenvalue weighted by Crippen LogP contribution is 2.26. The number of halogens is 1. The fourth-order valence-corrected chi connectivity index (χ4v) is 7.19. The molecule has 1 heterocycles. The Morgan fingerprint density at radius 1 is 1.29 bits per heavy atom. The van der Waals surface area contributed by atoms with E-state index < -0.39 is 31.0 Å². The van der Waals surface area contributed by atoms with Gasteiger partial charge in [-0.1, -0.05) is 17.7 Å². The SMILES string of the molecule is C=CCNC1CS(=O)(=O)CC1S(=O)(=O)c1ccc(Cl)cc1. The Bertz CT molecular complexity index is 726.